The van der Waals surface area contributed by atoms with Crippen molar-refractivity contribution in [3.05, 3.63) is 35.9 Å². The third-order valence-corrected chi connectivity index (χ3v) is 2.67. The molecule has 0 unspecified atom stereocenters. The zero-order valence-electron chi connectivity index (χ0n) is 10.3. The minimum absolute atomic E-state index is 0.119. The molecule has 1 aromatic carbocycles. The molecule has 1 aromatic heterocycles. The van der Waals surface area contributed by atoms with Gasteiger partial charge >= 0.3 is 5.97 Å². The molecule has 0 saturated carbocycles. The Morgan fingerprint density at radius 1 is 1.26 bits per heavy atom. The summed E-state index contributed by atoms with van der Waals surface area (Å²) in [6.07, 6.45) is 0. The molecule has 0 aliphatic rings. The number of anilines is 1. The van der Waals surface area contributed by atoms with Gasteiger partial charge in [-0.2, -0.15) is 0 Å². The van der Waals surface area contributed by atoms with Crippen LogP contribution >= 0.6 is 0 Å². The van der Waals surface area contributed by atoms with E-state index in [0.29, 0.717) is 16.7 Å². The van der Waals surface area contributed by atoms with Gasteiger partial charge in [-0.15, -0.1) is 0 Å². The van der Waals surface area contributed by atoms with Crippen molar-refractivity contribution >= 4 is 28.6 Å². The molecule has 0 saturated heterocycles. The maximum atomic E-state index is 11.1. The molecule has 98 valence electrons. The van der Waals surface area contributed by atoms with Gasteiger partial charge in [-0.3, -0.25) is 4.79 Å². The van der Waals surface area contributed by atoms with E-state index < -0.39 is 5.97 Å². The highest BCUT2D eigenvalue weighted by atomic mass is 16.4. The summed E-state index contributed by atoms with van der Waals surface area (Å²) in [4.78, 5) is 26.4. The van der Waals surface area contributed by atoms with Gasteiger partial charge in [-0.1, -0.05) is 6.07 Å². The lowest BCUT2D eigenvalue weighted by Crippen LogP contribution is -2.26. The number of hydrogen-bond donors (Lipinski definition) is 3. The molecule has 0 atom stereocenters. The minimum atomic E-state index is -0.988. The summed E-state index contributed by atoms with van der Waals surface area (Å²) >= 11 is 0. The first-order valence-electron chi connectivity index (χ1n) is 5.69. The predicted octanol–water partition coefficient (Wildman–Crippen LogP) is 1.09. The standard InChI is InChI=1S/C13H13N3O3/c1-14-12(17)7-15-11-6-5-8-9(13(18)19)3-2-4-10(8)16-11/h2-6H,7H2,1H3,(H,14,17)(H,15,16)(H,18,19). The zero-order chi connectivity index (χ0) is 13.8. The number of carbonyl (C=O) groups excluding carboxylic acids is 1. The number of likely N-dealkylation sites (N-methyl/N-ethyl adjacent to an activating group) is 1. The Kier molecular flexibility index (Phi) is 3.61. The van der Waals surface area contributed by atoms with Crippen molar-refractivity contribution in [2.45, 2.75) is 0 Å². The van der Waals surface area contributed by atoms with Crippen molar-refractivity contribution in [1.82, 2.24) is 10.3 Å². The first-order chi connectivity index (χ1) is 9.11. The van der Waals surface area contributed by atoms with Gasteiger partial charge in [0.25, 0.3) is 0 Å². The number of nitrogens with one attached hydrogen (secondary N) is 2. The van der Waals surface area contributed by atoms with Gasteiger partial charge < -0.3 is 15.7 Å². The summed E-state index contributed by atoms with van der Waals surface area (Å²) in [7, 11) is 1.55. The van der Waals surface area contributed by atoms with E-state index in [1.807, 2.05) is 0 Å². The first kappa shape index (κ1) is 12.8. The molecule has 2 rings (SSSR count). The van der Waals surface area contributed by atoms with Crippen LogP contribution in [-0.4, -0.2) is 35.6 Å². The van der Waals surface area contributed by atoms with Crippen LogP contribution in [-0.2, 0) is 4.79 Å². The Morgan fingerprint density at radius 3 is 2.74 bits per heavy atom. The van der Waals surface area contributed by atoms with Crippen LogP contribution in [0.1, 0.15) is 10.4 Å². The Hall–Kier alpha value is -2.63. The Morgan fingerprint density at radius 2 is 2.05 bits per heavy atom. The number of carbonyl (C=O) groups is 2. The molecule has 0 aliphatic heterocycles. The van der Waals surface area contributed by atoms with Crippen LogP contribution in [0.3, 0.4) is 0 Å². The summed E-state index contributed by atoms with van der Waals surface area (Å²) in [6, 6.07) is 8.23. The second kappa shape index (κ2) is 5.34. The molecule has 0 spiro atoms. The number of carboxylic acid groups (broad SMARTS) is 1. The van der Waals surface area contributed by atoms with Crippen LogP contribution in [0.25, 0.3) is 10.9 Å². The Labute approximate surface area is 109 Å². The molecule has 6 nitrogen and oxygen atoms in total. The van der Waals surface area contributed by atoms with Crippen LogP contribution < -0.4 is 10.6 Å². The number of fused-ring (bicyclic) bond motifs is 1. The third-order valence-electron chi connectivity index (χ3n) is 2.67. The van der Waals surface area contributed by atoms with E-state index >= 15 is 0 Å². The van der Waals surface area contributed by atoms with E-state index in [1.165, 1.54) is 6.07 Å². The first-order valence-corrected chi connectivity index (χ1v) is 5.69. The minimum Gasteiger partial charge on any atom is -0.478 e. The fourth-order valence-electron chi connectivity index (χ4n) is 1.70. The second-order valence-electron chi connectivity index (χ2n) is 3.90. The number of hydrogen-bond acceptors (Lipinski definition) is 4. The Balaban J connectivity index is 2.31. The van der Waals surface area contributed by atoms with Gasteiger partial charge in [-0.05, 0) is 24.3 Å². The highest BCUT2D eigenvalue weighted by molar-refractivity contribution is 6.02. The molecule has 0 bridgehead atoms. The van der Waals surface area contributed by atoms with E-state index in [4.69, 9.17) is 5.11 Å². The molecule has 6 heteroatoms. The van der Waals surface area contributed by atoms with Crippen molar-refractivity contribution in [3.8, 4) is 0 Å². The van der Waals surface area contributed by atoms with Crippen LogP contribution in [0.4, 0.5) is 5.82 Å². The summed E-state index contributed by atoms with van der Waals surface area (Å²) in [5.41, 5.74) is 0.782. The number of aromatic carboxylic acids is 1. The molecule has 0 fully saturated rings. The van der Waals surface area contributed by atoms with Crippen LogP contribution in [0, 0.1) is 0 Å². The number of amides is 1. The summed E-state index contributed by atoms with van der Waals surface area (Å²) in [6.45, 7) is 0.119. The normalized spacial score (nSPS) is 10.2. The molecular formula is C13H13N3O3. The number of nitrogens with zero attached hydrogens (tertiary/aromatic N) is 1. The molecule has 1 amide bonds. The lowest BCUT2D eigenvalue weighted by atomic mass is 10.1. The SMILES string of the molecule is CNC(=O)CNc1ccc2c(C(=O)O)cccc2n1. The highest BCUT2D eigenvalue weighted by Gasteiger charge is 2.09. The number of benzene rings is 1. The predicted molar refractivity (Wildman–Crippen MR) is 71.3 cm³/mol. The monoisotopic (exact) mass is 259 g/mol. The fraction of sp³-hybridized carbons (Fsp3) is 0.154. The van der Waals surface area contributed by atoms with Crippen LogP contribution in [0.5, 0.6) is 0 Å². The highest BCUT2D eigenvalue weighted by Crippen LogP contribution is 2.19. The molecule has 3 N–H and O–H groups in total. The van der Waals surface area contributed by atoms with E-state index in [0.717, 1.165) is 0 Å². The molecular weight excluding hydrogens is 246 g/mol. The lowest BCUT2D eigenvalue weighted by molar-refractivity contribution is -0.118. The van der Waals surface area contributed by atoms with Crippen molar-refractivity contribution < 1.29 is 14.7 Å². The van der Waals surface area contributed by atoms with Crippen LogP contribution in [0.15, 0.2) is 30.3 Å². The average molecular weight is 259 g/mol. The van der Waals surface area contributed by atoms with E-state index in [-0.39, 0.29) is 18.0 Å². The van der Waals surface area contributed by atoms with E-state index in [2.05, 4.69) is 15.6 Å². The smallest absolute Gasteiger partial charge is 0.336 e. The number of rotatable bonds is 4. The van der Waals surface area contributed by atoms with E-state index in [1.54, 1.807) is 31.3 Å². The van der Waals surface area contributed by atoms with Gasteiger partial charge in [0.05, 0.1) is 17.6 Å². The number of carboxylic acids is 1. The molecule has 0 aliphatic carbocycles. The lowest BCUT2D eigenvalue weighted by Gasteiger charge is -2.07. The Bertz CT molecular complexity index is 640. The molecule has 1 heterocycles. The maximum absolute atomic E-state index is 11.1. The van der Waals surface area contributed by atoms with Gasteiger partial charge in [0, 0.05) is 12.4 Å². The van der Waals surface area contributed by atoms with Crippen molar-refractivity contribution in [2.75, 3.05) is 18.9 Å². The third kappa shape index (κ3) is 2.79. The van der Waals surface area contributed by atoms with Gasteiger partial charge in [-0.25, -0.2) is 9.78 Å². The second-order valence-corrected chi connectivity index (χ2v) is 3.90. The van der Waals surface area contributed by atoms with Crippen LogP contribution in [0.2, 0.25) is 0 Å². The van der Waals surface area contributed by atoms with Gasteiger partial charge in [0.15, 0.2) is 0 Å². The van der Waals surface area contributed by atoms with Gasteiger partial charge in [0.1, 0.15) is 5.82 Å². The fourth-order valence-corrected chi connectivity index (χ4v) is 1.70. The summed E-state index contributed by atoms with van der Waals surface area (Å²) in [5.74, 6) is -0.613. The van der Waals surface area contributed by atoms with Crippen molar-refractivity contribution in [2.24, 2.45) is 0 Å². The van der Waals surface area contributed by atoms with Crippen molar-refractivity contribution in [1.29, 1.82) is 0 Å². The largest absolute Gasteiger partial charge is 0.478 e. The summed E-state index contributed by atoms with van der Waals surface area (Å²) < 4.78 is 0. The number of aromatic nitrogens is 1. The number of pyridine rings is 1. The quantitative estimate of drug-likeness (QED) is 0.764. The zero-order valence-corrected chi connectivity index (χ0v) is 10.3. The van der Waals surface area contributed by atoms with Gasteiger partial charge in [0.2, 0.25) is 5.91 Å². The molecule has 0 radical (unpaired) electrons. The molecule has 2 aromatic rings. The van der Waals surface area contributed by atoms with E-state index in [9.17, 15) is 9.59 Å². The van der Waals surface area contributed by atoms with Crippen molar-refractivity contribution in [3.63, 3.8) is 0 Å². The topological polar surface area (TPSA) is 91.3 Å². The molecule has 19 heavy (non-hydrogen) atoms. The average Bonchev–Trinajstić information content (AvgIpc) is 2.43. The summed E-state index contributed by atoms with van der Waals surface area (Å²) in [5, 5.41) is 15.0. The maximum Gasteiger partial charge on any atom is 0.336 e.